The van der Waals surface area contributed by atoms with E-state index in [4.69, 9.17) is 9.72 Å². The molecular weight excluding hydrogens is 383 g/mol. The summed E-state index contributed by atoms with van der Waals surface area (Å²) in [5, 5.41) is 0. The first kappa shape index (κ1) is 19.4. The Labute approximate surface area is 175 Å². The molecule has 2 saturated heterocycles. The Morgan fingerprint density at radius 1 is 1.13 bits per heavy atom. The number of morpholine rings is 1. The lowest BCUT2D eigenvalue weighted by atomic mass is 9.94. The molecule has 7 nitrogen and oxygen atoms in total. The largest absolute Gasteiger partial charge is 0.378 e. The summed E-state index contributed by atoms with van der Waals surface area (Å²) >= 11 is 0. The predicted molar refractivity (Wildman–Crippen MR) is 113 cm³/mol. The molecule has 5 rings (SSSR count). The van der Waals surface area contributed by atoms with Crippen LogP contribution >= 0.6 is 0 Å². The molecule has 0 radical (unpaired) electrons. The molecule has 1 atom stereocenters. The molecule has 2 aliphatic heterocycles. The van der Waals surface area contributed by atoms with Crippen molar-refractivity contribution in [2.45, 2.75) is 25.8 Å². The van der Waals surface area contributed by atoms with E-state index >= 15 is 0 Å². The molecule has 8 heteroatoms. The van der Waals surface area contributed by atoms with Crippen LogP contribution in [0.2, 0.25) is 0 Å². The number of H-pyrrole nitrogens is 1. The Balaban J connectivity index is 1.22. The molecule has 4 heterocycles. The van der Waals surface area contributed by atoms with Crippen molar-refractivity contribution in [3.63, 3.8) is 0 Å². The maximum atomic E-state index is 13.4. The van der Waals surface area contributed by atoms with Gasteiger partial charge in [0.2, 0.25) is 5.95 Å². The molecular formula is C22H27FN6O. The summed E-state index contributed by atoms with van der Waals surface area (Å²) in [6, 6.07) is 6.72. The normalized spacial score (nSPS) is 20.7. The first-order valence-corrected chi connectivity index (χ1v) is 10.7. The summed E-state index contributed by atoms with van der Waals surface area (Å²) in [7, 11) is 0. The maximum absolute atomic E-state index is 13.4. The molecule has 0 spiro atoms. The second-order valence-electron chi connectivity index (χ2n) is 8.24. The van der Waals surface area contributed by atoms with Crippen molar-refractivity contribution in [3.05, 3.63) is 47.8 Å². The highest BCUT2D eigenvalue weighted by Gasteiger charge is 2.22. The fourth-order valence-electron chi connectivity index (χ4n) is 4.48. The molecule has 3 aromatic rings. The van der Waals surface area contributed by atoms with Crippen LogP contribution in [0, 0.1) is 11.7 Å². The van der Waals surface area contributed by atoms with Gasteiger partial charge in [0, 0.05) is 38.8 Å². The van der Waals surface area contributed by atoms with Crippen LogP contribution in [0.3, 0.4) is 0 Å². The third-order valence-corrected chi connectivity index (χ3v) is 5.96. The number of ether oxygens (including phenoxy) is 1. The number of rotatable bonds is 5. The molecule has 1 aromatic carbocycles. The molecule has 0 saturated carbocycles. The number of benzene rings is 1. The van der Waals surface area contributed by atoms with E-state index in [0.717, 1.165) is 80.9 Å². The van der Waals surface area contributed by atoms with Crippen molar-refractivity contribution in [1.29, 1.82) is 0 Å². The van der Waals surface area contributed by atoms with Crippen molar-refractivity contribution in [3.8, 4) is 0 Å². The van der Waals surface area contributed by atoms with Crippen LogP contribution in [-0.2, 0) is 17.7 Å². The molecule has 2 fully saturated rings. The van der Waals surface area contributed by atoms with Crippen LogP contribution in [-0.4, -0.2) is 64.2 Å². The first-order valence-electron chi connectivity index (χ1n) is 10.7. The summed E-state index contributed by atoms with van der Waals surface area (Å²) in [5.74, 6) is 2.05. The number of halogens is 1. The lowest BCUT2D eigenvalue weighted by Gasteiger charge is -2.32. The molecule has 2 aliphatic rings. The standard InChI is InChI=1S/C22H27FN6O/c23-17-3-4-19-20(13-17)27-21(26-19)12-16-2-1-7-28(14-16)15-18-5-6-24-22(25-18)29-8-10-30-11-9-29/h3-6,13,16H,1-2,7-12,14-15H2,(H,26,27). The monoisotopic (exact) mass is 410 g/mol. The molecule has 30 heavy (non-hydrogen) atoms. The van der Waals surface area contributed by atoms with E-state index < -0.39 is 0 Å². The summed E-state index contributed by atoms with van der Waals surface area (Å²) < 4.78 is 18.9. The number of imidazole rings is 1. The van der Waals surface area contributed by atoms with Gasteiger partial charge in [-0.25, -0.2) is 19.3 Å². The molecule has 2 aromatic heterocycles. The topological polar surface area (TPSA) is 70.2 Å². The summed E-state index contributed by atoms with van der Waals surface area (Å²) in [6.07, 6.45) is 5.10. The van der Waals surface area contributed by atoms with Gasteiger partial charge in [0.25, 0.3) is 0 Å². The first-order chi connectivity index (χ1) is 14.7. The molecule has 0 bridgehead atoms. The number of nitrogens with one attached hydrogen (secondary N) is 1. The van der Waals surface area contributed by atoms with E-state index in [9.17, 15) is 4.39 Å². The molecule has 0 aliphatic carbocycles. The number of anilines is 1. The van der Waals surface area contributed by atoms with E-state index in [1.54, 1.807) is 6.07 Å². The summed E-state index contributed by atoms with van der Waals surface area (Å²) in [6.45, 7) is 6.08. The fourth-order valence-corrected chi connectivity index (χ4v) is 4.48. The van der Waals surface area contributed by atoms with Gasteiger partial charge in [0.05, 0.1) is 29.9 Å². The van der Waals surface area contributed by atoms with Crippen molar-refractivity contribution in [2.75, 3.05) is 44.3 Å². The maximum Gasteiger partial charge on any atom is 0.225 e. The minimum Gasteiger partial charge on any atom is -0.378 e. The fraction of sp³-hybridized carbons (Fsp3) is 0.500. The number of hydrogen-bond acceptors (Lipinski definition) is 6. The second-order valence-corrected chi connectivity index (χ2v) is 8.24. The van der Waals surface area contributed by atoms with Crippen LogP contribution in [0.15, 0.2) is 30.5 Å². The highest BCUT2D eigenvalue weighted by molar-refractivity contribution is 5.74. The van der Waals surface area contributed by atoms with Crippen LogP contribution in [0.1, 0.15) is 24.4 Å². The van der Waals surface area contributed by atoms with Crippen LogP contribution < -0.4 is 4.90 Å². The minimum atomic E-state index is -0.233. The van der Waals surface area contributed by atoms with E-state index in [1.807, 2.05) is 12.3 Å². The Bertz CT molecular complexity index is 1000. The number of fused-ring (bicyclic) bond motifs is 1. The zero-order chi connectivity index (χ0) is 20.3. The molecule has 158 valence electrons. The van der Waals surface area contributed by atoms with E-state index in [2.05, 4.69) is 24.8 Å². The van der Waals surface area contributed by atoms with E-state index in [0.29, 0.717) is 5.92 Å². The molecule has 1 N–H and O–H groups in total. The van der Waals surface area contributed by atoms with Crippen molar-refractivity contribution in [2.24, 2.45) is 5.92 Å². The van der Waals surface area contributed by atoms with Gasteiger partial charge in [-0.2, -0.15) is 0 Å². The zero-order valence-corrected chi connectivity index (χ0v) is 17.1. The smallest absolute Gasteiger partial charge is 0.225 e. The number of likely N-dealkylation sites (tertiary alicyclic amines) is 1. The van der Waals surface area contributed by atoms with Gasteiger partial charge < -0.3 is 14.6 Å². The van der Waals surface area contributed by atoms with Crippen molar-refractivity contribution < 1.29 is 9.13 Å². The highest BCUT2D eigenvalue weighted by Crippen LogP contribution is 2.23. The van der Waals surface area contributed by atoms with Gasteiger partial charge in [-0.3, -0.25) is 4.90 Å². The van der Waals surface area contributed by atoms with Gasteiger partial charge in [-0.05, 0) is 49.6 Å². The van der Waals surface area contributed by atoms with Gasteiger partial charge in [0.15, 0.2) is 0 Å². The Morgan fingerprint density at radius 3 is 2.93 bits per heavy atom. The zero-order valence-electron chi connectivity index (χ0n) is 17.1. The molecule has 1 unspecified atom stereocenters. The number of nitrogens with zero attached hydrogens (tertiary/aromatic N) is 5. The summed E-state index contributed by atoms with van der Waals surface area (Å²) in [4.78, 5) is 21.9. The summed E-state index contributed by atoms with van der Waals surface area (Å²) in [5.41, 5.74) is 2.66. The molecule has 0 amide bonds. The minimum absolute atomic E-state index is 0.233. The number of aromatic nitrogens is 4. The average Bonchev–Trinajstić information content (AvgIpc) is 3.16. The third-order valence-electron chi connectivity index (χ3n) is 5.96. The number of aromatic amines is 1. The highest BCUT2D eigenvalue weighted by atomic mass is 19.1. The van der Waals surface area contributed by atoms with Gasteiger partial charge in [-0.15, -0.1) is 0 Å². The van der Waals surface area contributed by atoms with Gasteiger partial charge in [0.1, 0.15) is 11.6 Å². The number of piperidine rings is 1. The Morgan fingerprint density at radius 2 is 2.03 bits per heavy atom. The van der Waals surface area contributed by atoms with Crippen LogP contribution in [0.25, 0.3) is 11.0 Å². The second kappa shape index (κ2) is 8.65. The quantitative estimate of drug-likeness (QED) is 0.698. The van der Waals surface area contributed by atoms with Crippen molar-refractivity contribution >= 4 is 17.0 Å². The third kappa shape index (κ3) is 4.44. The van der Waals surface area contributed by atoms with E-state index in [-0.39, 0.29) is 5.82 Å². The SMILES string of the molecule is Fc1ccc2nc(CC3CCCN(Cc4ccnc(N5CCOCC5)n4)C3)[nH]c2c1. The predicted octanol–water partition coefficient (Wildman–Crippen LogP) is 2.78. The Kier molecular flexibility index (Phi) is 5.59. The van der Waals surface area contributed by atoms with E-state index in [1.165, 1.54) is 25.0 Å². The van der Waals surface area contributed by atoms with Crippen molar-refractivity contribution in [1.82, 2.24) is 24.8 Å². The van der Waals surface area contributed by atoms with Crippen LogP contribution in [0.5, 0.6) is 0 Å². The lowest BCUT2D eigenvalue weighted by molar-refractivity contribution is 0.122. The van der Waals surface area contributed by atoms with Crippen LogP contribution in [0.4, 0.5) is 10.3 Å². The van der Waals surface area contributed by atoms with Gasteiger partial charge >= 0.3 is 0 Å². The number of hydrogen-bond donors (Lipinski definition) is 1. The average molecular weight is 410 g/mol. The Hall–Kier alpha value is -2.58. The van der Waals surface area contributed by atoms with Gasteiger partial charge in [-0.1, -0.05) is 0 Å². The lowest BCUT2D eigenvalue weighted by Crippen LogP contribution is -2.38.